The fraction of sp³-hybridized carbons (Fsp3) is 0.0278. The Labute approximate surface area is 454 Å². The second kappa shape index (κ2) is 18.4. The molecule has 366 valence electrons. The molecular formula is C72H50BN5. The third-order valence-electron chi connectivity index (χ3n) is 15.9. The van der Waals surface area contributed by atoms with Crippen molar-refractivity contribution in [3.05, 3.63) is 278 Å². The lowest BCUT2D eigenvalue weighted by molar-refractivity contribution is 1.16. The van der Waals surface area contributed by atoms with Crippen molar-refractivity contribution in [2.45, 2.75) is 13.8 Å². The Morgan fingerprint density at radius 3 is 1.36 bits per heavy atom. The molecule has 2 aliphatic heterocycles. The fourth-order valence-corrected chi connectivity index (χ4v) is 12.4. The Morgan fingerprint density at radius 2 is 0.795 bits per heavy atom. The van der Waals surface area contributed by atoms with Gasteiger partial charge in [-0.15, -0.1) is 0 Å². The van der Waals surface area contributed by atoms with Crippen LogP contribution in [0.1, 0.15) is 11.1 Å². The highest BCUT2D eigenvalue weighted by Gasteiger charge is 2.44. The number of hydrogen-bond donors (Lipinski definition) is 0. The molecule has 0 unspecified atom stereocenters. The first-order valence-corrected chi connectivity index (χ1v) is 26.8. The number of nitrogens with zero attached hydrogens (tertiary/aromatic N) is 5. The largest absolute Gasteiger partial charge is 0.311 e. The van der Waals surface area contributed by atoms with Crippen LogP contribution in [0.5, 0.6) is 0 Å². The Balaban J connectivity index is 0.955. The average Bonchev–Trinajstić information content (AvgIpc) is 3.28. The number of aromatic nitrogens is 3. The molecule has 15 rings (SSSR count). The number of rotatable bonds is 8. The van der Waals surface area contributed by atoms with Crippen molar-refractivity contribution < 1.29 is 0 Å². The summed E-state index contributed by atoms with van der Waals surface area (Å²) in [7, 11) is 0. The van der Waals surface area contributed by atoms with Crippen LogP contribution in [0.15, 0.2) is 267 Å². The first-order chi connectivity index (χ1) is 38.5. The summed E-state index contributed by atoms with van der Waals surface area (Å²) in [6, 6.07) is 97.1. The van der Waals surface area contributed by atoms with Crippen LogP contribution in [0.25, 0.3) is 83.6 Å². The summed E-state index contributed by atoms with van der Waals surface area (Å²) in [6.45, 7) is 4.37. The van der Waals surface area contributed by atoms with Crippen LogP contribution < -0.4 is 26.2 Å². The second-order valence-electron chi connectivity index (χ2n) is 20.7. The molecule has 4 heterocycles. The smallest absolute Gasteiger partial charge is 0.252 e. The van der Waals surface area contributed by atoms with Crippen LogP contribution in [-0.2, 0) is 0 Å². The van der Waals surface area contributed by atoms with Crippen molar-refractivity contribution in [1.29, 1.82) is 0 Å². The third kappa shape index (κ3) is 7.40. The van der Waals surface area contributed by atoms with Gasteiger partial charge < -0.3 is 14.4 Å². The van der Waals surface area contributed by atoms with Gasteiger partial charge in [-0.1, -0.05) is 187 Å². The Bertz CT molecular complexity index is 4330. The molecule has 0 saturated heterocycles. The van der Waals surface area contributed by atoms with E-state index in [-0.39, 0.29) is 6.71 Å². The van der Waals surface area contributed by atoms with Gasteiger partial charge in [-0.3, -0.25) is 0 Å². The Morgan fingerprint density at radius 1 is 0.333 bits per heavy atom. The third-order valence-corrected chi connectivity index (χ3v) is 15.9. The zero-order valence-corrected chi connectivity index (χ0v) is 43.2. The van der Waals surface area contributed by atoms with Gasteiger partial charge >= 0.3 is 0 Å². The maximum atomic E-state index is 5.33. The Hall–Kier alpha value is -10.0. The number of fused-ring (bicyclic) bond motifs is 7. The molecule has 0 N–H and O–H groups in total. The molecule has 0 spiro atoms. The van der Waals surface area contributed by atoms with Crippen LogP contribution in [0, 0.1) is 13.8 Å². The van der Waals surface area contributed by atoms with Gasteiger partial charge in [0, 0.05) is 67.0 Å². The van der Waals surface area contributed by atoms with Crippen molar-refractivity contribution in [2.75, 3.05) is 9.80 Å². The number of hydrogen-bond acceptors (Lipinski definition) is 4. The monoisotopic (exact) mass is 995 g/mol. The molecule has 0 radical (unpaired) electrons. The van der Waals surface area contributed by atoms with Gasteiger partial charge in [-0.2, -0.15) is 0 Å². The second-order valence-corrected chi connectivity index (χ2v) is 20.7. The number of benzene rings is 11. The van der Waals surface area contributed by atoms with Gasteiger partial charge in [-0.05, 0) is 132 Å². The van der Waals surface area contributed by atoms with E-state index in [2.05, 4.69) is 283 Å². The summed E-state index contributed by atoms with van der Waals surface area (Å²) in [4.78, 5) is 15.6. The summed E-state index contributed by atoms with van der Waals surface area (Å²) in [5, 5.41) is 2.48. The number of anilines is 6. The lowest BCUT2D eigenvalue weighted by Gasteiger charge is -2.45. The molecule has 2 aromatic heterocycles. The van der Waals surface area contributed by atoms with Crippen LogP contribution in [-0.4, -0.2) is 21.2 Å². The number of para-hydroxylation sites is 4. The molecule has 0 fully saturated rings. The van der Waals surface area contributed by atoms with Crippen LogP contribution >= 0.6 is 0 Å². The molecule has 0 bridgehead atoms. The van der Waals surface area contributed by atoms with Crippen molar-refractivity contribution in [3.63, 3.8) is 0 Å². The molecule has 0 amide bonds. The highest BCUT2D eigenvalue weighted by molar-refractivity contribution is 7.00. The van der Waals surface area contributed by atoms with Crippen LogP contribution in [0.4, 0.5) is 34.1 Å². The molecule has 0 atom stereocenters. The van der Waals surface area contributed by atoms with Crippen LogP contribution in [0.3, 0.4) is 0 Å². The molecule has 0 aliphatic carbocycles. The predicted molar refractivity (Wildman–Crippen MR) is 327 cm³/mol. The first-order valence-electron chi connectivity index (χ1n) is 26.8. The minimum Gasteiger partial charge on any atom is -0.311 e. The molecular weight excluding hydrogens is 946 g/mol. The fourth-order valence-electron chi connectivity index (χ4n) is 12.4. The normalized spacial score (nSPS) is 12.4. The van der Waals surface area contributed by atoms with E-state index < -0.39 is 0 Å². The summed E-state index contributed by atoms with van der Waals surface area (Å²) in [5.74, 6) is 0.670. The van der Waals surface area contributed by atoms with Gasteiger partial charge in [0.05, 0.1) is 33.8 Å². The van der Waals surface area contributed by atoms with Gasteiger partial charge in [0.15, 0.2) is 5.82 Å². The summed E-state index contributed by atoms with van der Waals surface area (Å²) < 4.78 is 2.45. The average molecular weight is 996 g/mol. The molecule has 78 heavy (non-hydrogen) atoms. The van der Waals surface area contributed by atoms with E-state index in [1.807, 2.05) is 12.1 Å². The van der Waals surface area contributed by atoms with E-state index in [4.69, 9.17) is 9.97 Å². The highest BCUT2D eigenvalue weighted by Crippen LogP contribution is 2.48. The molecule has 0 saturated carbocycles. The lowest BCUT2D eigenvalue weighted by atomic mass is 9.33. The quantitative estimate of drug-likeness (QED) is 0.142. The molecule has 6 heteroatoms. The van der Waals surface area contributed by atoms with Gasteiger partial charge in [0.25, 0.3) is 6.71 Å². The zero-order valence-electron chi connectivity index (χ0n) is 43.2. The lowest BCUT2D eigenvalue weighted by Crippen LogP contribution is -2.61. The van der Waals surface area contributed by atoms with Gasteiger partial charge in [-0.25, -0.2) is 9.97 Å². The molecule has 13 aromatic rings. The van der Waals surface area contributed by atoms with Gasteiger partial charge in [0.2, 0.25) is 0 Å². The van der Waals surface area contributed by atoms with Crippen molar-refractivity contribution >= 4 is 79.0 Å². The van der Waals surface area contributed by atoms with E-state index in [0.717, 1.165) is 78.4 Å². The maximum Gasteiger partial charge on any atom is 0.252 e. The summed E-state index contributed by atoms with van der Waals surface area (Å²) in [5.41, 5.74) is 26.0. The molecule has 2 aliphatic rings. The van der Waals surface area contributed by atoms with Gasteiger partial charge in [0.1, 0.15) is 0 Å². The first kappa shape index (κ1) is 45.4. The minimum atomic E-state index is 0.00987. The summed E-state index contributed by atoms with van der Waals surface area (Å²) in [6.07, 6.45) is 0. The Kier molecular flexibility index (Phi) is 10.7. The van der Waals surface area contributed by atoms with E-state index in [1.165, 1.54) is 61.0 Å². The minimum absolute atomic E-state index is 0.00987. The standard InChI is InChI=1S/C72H50BN5/c1-47-31-39-65-58(43-47)59-44-48(2)32-40-66(59)78(65)64-41-37-53(72-74-62(51-19-7-3-8-20-51)46-63(75-72)52-21-9-4-10-22-52)45-57(64)50-35-33-49(34-36-50)56-38-42-69-70-71(56)77(55-25-13-6-14-26-55)68-30-18-16-28-61(68)73(70)60-27-15-17-29-67(60)76(69)54-23-11-5-12-24-54/h3-46H,1-2H3. The zero-order chi connectivity index (χ0) is 51.8. The summed E-state index contributed by atoms with van der Waals surface area (Å²) >= 11 is 0. The maximum absolute atomic E-state index is 5.33. The van der Waals surface area contributed by atoms with E-state index in [0.29, 0.717) is 5.82 Å². The number of aryl methyl sites for hydroxylation is 2. The predicted octanol–water partition coefficient (Wildman–Crippen LogP) is 16.6. The van der Waals surface area contributed by atoms with Crippen LogP contribution in [0.2, 0.25) is 0 Å². The van der Waals surface area contributed by atoms with Crippen molar-refractivity contribution in [3.8, 4) is 61.8 Å². The van der Waals surface area contributed by atoms with Crippen molar-refractivity contribution in [1.82, 2.24) is 14.5 Å². The molecule has 11 aromatic carbocycles. The SMILES string of the molecule is Cc1ccc2c(c1)c1cc(C)ccc1n2-c1ccc(-c2nc(-c3ccccc3)cc(-c3ccccc3)n2)cc1-c1ccc(-c2ccc3c4c2N(c2ccccc2)c2ccccc2B4c2ccccc2N3c2ccccc2)cc1. The topological polar surface area (TPSA) is 37.2 Å². The van der Waals surface area contributed by atoms with Crippen molar-refractivity contribution in [2.24, 2.45) is 0 Å². The van der Waals surface area contributed by atoms with E-state index in [1.54, 1.807) is 0 Å². The van der Waals surface area contributed by atoms with E-state index in [9.17, 15) is 0 Å². The molecule has 5 nitrogen and oxygen atoms in total. The van der Waals surface area contributed by atoms with E-state index >= 15 is 0 Å². The highest BCUT2D eigenvalue weighted by atomic mass is 15.2.